The molecule has 0 unspecified atom stereocenters. The van der Waals surface area contributed by atoms with Crippen LogP contribution in [0.4, 0.5) is 0 Å². The van der Waals surface area contributed by atoms with Crippen LogP contribution in [0.5, 0.6) is 11.5 Å². The molecule has 5 heteroatoms. The number of aryl methyl sites for hydroxylation is 1. The van der Waals surface area contributed by atoms with Crippen molar-refractivity contribution in [3.63, 3.8) is 0 Å². The Hall–Kier alpha value is -2.82. The minimum Gasteiger partial charge on any atom is -0.508 e. The van der Waals surface area contributed by atoms with Gasteiger partial charge in [-0.25, -0.2) is 5.43 Å². The van der Waals surface area contributed by atoms with Gasteiger partial charge < -0.3 is 10.2 Å². The summed E-state index contributed by atoms with van der Waals surface area (Å²) >= 11 is 0. The third kappa shape index (κ3) is 4.13. The topological polar surface area (TPSA) is 81.9 Å². The van der Waals surface area contributed by atoms with Crippen molar-refractivity contribution < 1.29 is 15.0 Å². The van der Waals surface area contributed by atoms with Crippen molar-refractivity contribution in [2.24, 2.45) is 5.10 Å². The fraction of sp³-hybridized carbons (Fsp3) is 0.263. The first-order valence-electron chi connectivity index (χ1n) is 7.65. The van der Waals surface area contributed by atoms with Gasteiger partial charge in [-0.15, -0.1) is 0 Å². The molecule has 2 aromatic rings. The molecule has 0 saturated heterocycles. The quantitative estimate of drug-likeness (QED) is 0.597. The molecule has 2 rings (SSSR count). The zero-order valence-electron chi connectivity index (χ0n) is 14.3. The molecule has 5 nitrogen and oxygen atoms in total. The summed E-state index contributed by atoms with van der Waals surface area (Å²) in [6, 6.07) is 9.74. The Morgan fingerprint density at radius 3 is 2.50 bits per heavy atom. The van der Waals surface area contributed by atoms with E-state index >= 15 is 0 Å². The summed E-state index contributed by atoms with van der Waals surface area (Å²) in [6.45, 7) is 8.00. The van der Waals surface area contributed by atoms with E-state index in [1.807, 2.05) is 33.8 Å². The van der Waals surface area contributed by atoms with Crippen molar-refractivity contribution in [3.8, 4) is 11.5 Å². The molecule has 0 aromatic heterocycles. The highest BCUT2D eigenvalue weighted by molar-refractivity contribution is 5.95. The smallest absolute Gasteiger partial charge is 0.271 e. The number of carbonyl (C=O) groups excluding carboxylic acids is 1. The van der Waals surface area contributed by atoms with Crippen molar-refractivity contribution in [2.45, 2.75) is 33.1 Å². The van der Waals surface area contributed by atoms with Crippen molar-refractivity contribution in [1.82, 2.24) is 5.43 Å². The van der Waals surface area contributed by atoms with Crippen LogP contribution in [0.2, 0.25) is 0 Å². The van der Waals surface area contributed by atoms with E-state index in [0.29, 0.717) is 11.1 Å². The Morgan fingerprint density at radius 1 is 1.17 bits per heavy atom. The van der Waals surface area contributed by atoms with Crippen molar-refractivity contribution >= 4 is 12.1 Å². The van der Waals surface area contributed by atoms with E-state index in [1.54, 1.807) is 18.2 Å². The highest BCUT2D eigenvalue weighted by atomic mass is 16.3. The van der Waals surface area contributed by atoms with Crippen molar-refractivity contribution in [3.05, 3.63) is 58.7 Å². The molecule has 0 fully saturated rings. The predicted molar refractivity (Wildman–Crippen MR) is 94.7 cm³/mol. The fourth-order valence-electron chi connectivity index (χ4n) is 2.35. The number of rotatable bonds is 3. The summed E-state index contributed by atoms with van der Waals surface area (Å²) in [6.07, 6.45) is 1.41. The Bertz CT molecular complexity index is 790. The number of phenolic OH excluding ortho intramolecular Hbond substituents is 2. The minimum absolute atomic E-state index is 0.0118. The third-order valence-corrected chi connectivity index (χ3v) is 3.57. The predicted octanol–water partition coefficient (Wildman–Crippen LogP) is 3.47. The summed E-state index contributed by atoms with van der Waals surface area (Å²) < 4.78 is 0. The standard InChI is InChI=1S/C19H22N2O3/c1-12-8-14(17(23)16(9-12)19(2,3)4)11-20-21-18(24)13-6-5-7-15(22)10-13/h5-11,22-23H,1-4H3,(H,21,24)/b20-11+. The van der Waals surface area contributed by atoms with E-state index in [1.165, 1.54) is 18.3 Å². The molecule has 24 heavy (non-hydrogen) atoms. The number of amides is 1. The highest BCUT2D eigenvalue weighted by Gasteiger charge is 2.20. The Kier molecular flexibility index (Phi) is 4.93. The molecule has 0 aliphatic carbocycles. The molecule has 0 aliphatic rings. The van der Waals surface area contributed by atoms with E-state index in [9.17, 15) is 15.0 Å². The molecule has 0 aliphatic heterocycles. The van der Waals surface area contributed by atoms with Crippen LogP contribution in [0.25, 0.3) is 0 Å². The Morgan fingerprint density at radius 2 is 1.88 bits per heavy atom. The number of carbonyl (C=O) groups is 1. The molecule has 126 valence electrons. The van der Waals surface area contributed by atoms with Gasteiger partial charge in [0.05, 0.1) is 6.21 Å². The lowest BCUT2D eigenvalue weighted by molar-refractivity contribution is 0.0954. The highest BCUT2D eigenvalue weighted by Crippen LogP contribution is 2.33. The minimum atomic E-state index is -0.440. The summed E-state index contributed by atoms with van der Waals surface area (Å²) in [4.78, 5) is 12.0. The van der Waals surface area contributed by atoms with E-state index in [-0.39, 0.29) is 16.9 Å². The molecule has 0 saturated carbocycles. The number of benzene rings is 2. The molecular formula is C19H22N2O3. The Labute approximate surface area is 141 Å². The van der Waals surface area contributed by atoms with E-state index < -0.39 is 5.91 Å². The summed E-state index contributed by atoms with van der Waals surface area (Å²) in [5, 5.41) is 23.7. The van der Waals surface area contributed by atoms with Crippen LogP contribution in [-0.4, -0.2) is 22.3 Å². The SMILES string of the molecule is Cc1cc(/C=N/NC(=O)c2cccc(O)c2)c(O)c(C(C)(C)C)c1. The monoisotopic (exact) mass is 326 g/mol. The lowest BCUT2D eigenvalue weighted by atomic mass is 9.84. The van der Waals surface area contributed by atoms with Gasteiger partial charge in [0.15, 0.2) is 0 Å². The van der Waals surface area contributed by atoms with Gasteiger partial charge in [0.2, 0.25) is 0 Å². The zero-order chi connectivity index (χ0) is 17.9. The molecule has 0 heterocycles. The summed E-state index contributed by atoms with van der Waals surface area (Å²) in [5.41, 5.74) is 4.84. The number of hydrogen-bond donors (Lipinski definition) is 3. The maximum absolute atomic E-state index is 12.0. The first-order valence-corrected chi connectivity index (χ1v) is 7.65. The first-order chi connectivity index (χ1) is 11.2. The van der Waals surface area contributed by atoms with E-state index in [0.717, 1.165) is 11.1 Å². The summed E-state index contributed by atoms with van der Waals surface area (Å²) in [5.74, 6) is -0.272. The van der Waals surface area contributed by atoms with Gasteiger partial charge in [-0.3, -0.25) is 4.79 Å². The van der Waals surface area contributed by atoms with Gasteiger partial charge in [0, 0.05) is 16.7 Å². The second-order valence-electron chi connectivity index (χ2n) is 6.75. The number of aromatic hydroxyl groups is 2. The lowest BCUT2D eigenvalue weighted by Crippen LogP contribution is -2.17. The van der Waals surface area contributed by atoms with Crippen LogP contribution < -0.4 is 5.43 Å². The van der Waals surface area contributed by atoms with Crippen LogP contribution >= 0.6 is 0 Å². The van der Waals surface area contributed by atoms with Gasteiger partial charge in [-0.2, -0.15) is 5.10 Å². The molecule has 0 spiro atoms. The normalized spacial score (nSPS) is 11.7. The van der Waals surface area contributed by atoms with Crippen LogP contribution in [0.1, 0.15) is 47.8 Å². The van der Waals surface area contributed by atoms with E-state index in [4.69, 9.17) is 0 Å². The van der Waals surface area contributed by atoms with Crippen LogP contribution in [0.3, 0.4) is 0 Å². The van der Waals surface area contributed by atoms with Crippen molar-refractivity contribution in [2.75, 3.05) is 0 Å². The molecular weight excluding hydrogens is 304 g/mol. The second-order valence-corrected chi connectivity index (χ2v) is 6.75. The zero-order valence-corrected chi connectivity index (χ0v) is 14.3. The number of nitrogens with one attached hydrogen (secondary N) is 1. The molecule has 2 aromatic carbocycles. The number of nitrogens with zero attached hydrogens (tertiary/aromatic N) is 1. The number of hydrogen-bond acceptors (Lipinski definition) is 4. The summed E-state index contributed by atoms with van der Waals surface area (Å²) in [7, 11) is 0. The Balaban J connectivity index is 2.21. The number of phenols is 2. The van der Waals surface area contributed by atoms with Gasteiger partial charge in [-0.05, 0) is 42.2 Å². The number of hydrazone groups is 1. The van der Waals surface area contributed by atoms with Crippen molar-refractivity contribution in [1.29, 1.82) is 0 Å². The maximum atomic E-state index is 12.0. The lowest BCUT2D eigenvalue weighted by Gasteiger charge is -2.22. The molecule has 3 N–H and O–H groups in total. The van der Waals surface area contributed by atoms with Gasteiger partial charge in [0.1, 0.15) is 11.5 Å². The largest absolute Gasteiger partial charge is 0.508 e. The molecule has 1 amide bonds. The second kappa shape index (κ2) is 6.74. The molecule has 0 atom stereocenters. The van der Waals surface area contributed by atoms with Crippen LogP contribution in [0, 0.1) is 6.92 Å². The average molecular weight is 326 g/mol. The van der Waals surface area contributed by atoms with Crippen LogP contribution in [-0.2, 0) is 5.41 Å². The molecule has 0 radical (unpaired) electrons. The van der Waals surface area contributed by atoms with Gasteiger partial charge >= 0.3 is 0 Å². The first kappa shape index (κ1) is 17.5. The van der Waals surface area contributed by atoms with Crippen LogP contribution in [0.15, 0.2) is 41.5 Å². The maximum Gasteiger partial charge on any atom is 0.271 e. The molecule has 0 bridgehead atoms. The third-order valence-electron chi connectivity index (χ3n) is 3.57. The van der Waals surface area contributed by atoms with Gasteiger partial charge in [-0.1, -0.05) is 32.9 Å². The fourth-order valence-corrected chi connectivity index (χ4v) is 2.35. The van der Waals surface area contributed by atoms with E-state index in [2.05, 4.69) is 10.5 Å². The van der Waals surface area contributed by atoms with Gasteiger partial charge in [0.25, 0.3) is 5.91 Å². The average Bonchev–Trinajstić information content (AvgIpc) is 2.49.